The number of rotatable bonds is 5. The highest BCUT2D eigenvalue weighted by atomic mass is 35.5. The predicted octanol–water partition coefficient (Wildman–Crippen LogP) is 4.19. The lowest BCUT2D eigenvalue weighted by atomic mass is 9.94. The summed E-state index contributed by atoms with van der Waals surface area (Å²) in [6.45, 7) is 4.62. The third-order valence-electron chi connectivity index (χ3n) is 3.26. The largest absolute Gasteiger partial charge is 0.397 e. The van der Waals surface area contributed by atoms with Gasteiger partial charge in [-0.1, -0.05) is 25.4 Å². The van der Waals surface area contributed by atoms with E-state index in [2.05, 4.69) is 0 Å². The summed E-state index contributed by atoms with van der Waals surface area (Å²) in [4.78, 5) is 11.2. The number of anilines is 1. The van der Waals surface area contributed by atoms with Gasteiger partial charge in [0.15, 0.2) is 0 Å². The lowest BCUT2D eigenvalue weighted by Crippen LogP contribution is -2.16. The van der Waals surface area contributed by atoms with E-state index in [1.54, 1.807) is 13.0 Å². The van der Waals surface area contributed by atoms with Gasteiger partial charge in [0.1, 0.15) is 5.78 Å². The number of Topliss-reactive ketones (excluding diaryl/α,β-unsaturated/α-hetero) is 1. The maximum Gasteiger partial charge on any atom is 0.275 e. The number of carbonyl (C=O) groups is 1. The van der Waals surface area contributed by atoms with Crippen LogP contribution in [0.2, 0.25) is 5.02 Å². The van der Waals surface area contributed by atoms with Crippen LogP contribution < -0.4 is 5.73 Å². The molecule has 0 heterocycles. The number of nitrogens with two attached hydrogens (primary N) is 1. The van der Waals surface area contributed by atoms with Crippen LogP contribution in [0.3, 0.4) is 0 Å². The Bertz CT molecular complexity index is 489. The number of nitrogen functional groups attached to an aromatic ring is 1. The van der Waals surface area contributed by atoms with E-state index >= 15 is 0 Å². The van der Waals surface area contributed by atoms with Gasteiger partial charge < -0.3 is 5.73 Å². The lowest BCUT2D eigenvalue weighted by molar-refractivity contribution is -0.120. The molecule has 0 radical (unpaired) electrons. The first kappa shape index (κ1) is 15.9. The highest BCUT2D eigenvalue weighted by Gasteiger charge is 2.32. The van der Waals surface area contributed by atoms with E-state index in [1.165, 1.54) is 19.9 Å². The van der Waals surface area contributed by atoms with E-state index in [1.807, 2.05) is 0 Å². The molecule has 2 N–H and O–H groups in total. The summed E-state index contributed by atoms with van der Waals surface area (Å²) in [5, 5.41) is 0.108. The first-order chi connectivity index (χ1) is 8.69. The molecule has 1 rings (SSSR count). The van der Waals surface area contributed by atoms with Gasteiger partial charge in [0.25, 0.3) is 5.92 Å². The Kier molecular flexibility index (Phi) is 4.91. The molecule has 0 bridgehead atoms. The molecule has 1 aromatic carbocycles. The number of alkyl halides is 2. The van der Waals surface area contributed by atoms with Gasteiger partial charge in [0, 0.05) is 17.9 Å². The van der Waals surface area contributed by atoms with Crippen molar-refractivity contribution < 1.29 is 13.6 Å². The van der Waals surface area contributed by atoms with Crippen LogP contribution in [-0.2, 0) is 17.1 Å². The average Bonchev–Trinajstić information content (AvgIpc) is 2.33. The number of halogens is 3. The van der Waals surface area contributed by atoms with E-state index < -0.39 is 5.92 Å². The molecule has 0 aliphatic heterocycles. The monoisotopic (exact) mass is 289 g/mol. The standard InChI is InChI=1S/C14H18ClF2NO/c1-4-14(16,17)11-6-10(5-8(2)9(3)19)7-12(15)13(11)18/h6-8H,4-5,18H2,1-3H3/t8-/m1/s1. The molecule has 0 amide bonds. The van der Waals surface area contributed by atoms with Crippen molar-refractivity contribution in [1.82, 2.24) is 0 Å². The fourth-order valence-electron chi connectivity index (χ4n) is 1.78. The summed E-state index contributed by atoms with van der Waals surface area (Å²) in [6, 6.07) is 2.90. The van der Waals surface area contributed by atoms with E-state index in [-0.39, 0.29) is 34.4 Å². The Morgan fingerprint density at radius 1 is 1.47 bits per heavy atom. The van der Waals surface area contributed by atoms with E-state index in [9.17, 15) is 13.6 Å². The number of ketones is 1. The fourth-order valence-corrected chi connectivity index (χ4v) is 2.02. The van der Waals surface area contributed by atoms with Crippen molar-refractivity contribution in [2.45, 2.75) is 39.5 Å². The van der Waals surface area contributed by atoms with Crippen LogP contribution in [0.15, 0.2) is 12.1 Å². The fraction of sp³-hybridized carbons (Fsp3) is 0.500. The molecule has 0 fully saturated rings. The van der Waals surface area contributed by atoms with Gasteiger partial charge in [-0.3, -0.25) is 4.79 Å². The van der Waals surface area contributed by atoms with Crippen LogP contribution in [0, 0.1) is 5.92 Å². The maximum absolute atomic E-state index is 13.8. The summed E-state index contributed by atoms with van der Waals surface area (Å²) < 4.78 is 27.6. The van der Waals surface area contributed by atoms with Gasteiger partial charge in [0.2, 0.25) is 0 Å². The van der Waals surface area contributed by atoms with Crippen LogP contribution >= 0.6 is 11.6 Å². The zero-order valence-electron chi connectivity index (χ0n) is 11.3. The molecule has 1 atom stereocenters. The first-order valence-electron chi connectivity index (χ1n) is 6.15. The Labute approximate surface area is 116 Å². The number of hydrogen-bond donors (Lipinski definition) is 1. The van der Waals surface area contributed by atoms with Gasteiger partial charge in [0.05, 0.1) is 10.7 Å². The van der Waals surface area contributed by atoms with Gasteiger partial charge in [-0.05, 0) is 31.0 Å². The molecule has 1 aromatic rings. The summed E-state index contributed by atoms with van der Waals surface area (Å²) in [7, 11) is 0. The minimum Gasteiger partial charge on any atom is -0.397 e. The number of carbonyl (C=O) groups excluding carboxylic acids is 1. The second-order valence-electron chi connectivity index (χ2n) is 4.81. The minimum atomic E-state index is -3.01. The Morgan fingerprint density at radius 3 is 2.53 bits per heavy atom. The van der Waals surface area contributed by atoms with Crippen LogP contribution in [0.25, 0.3) is 0 Å². The maximum atomic E-state index is 13.8. The molecule has 0 spiro atoms. The SMILES string of the molecule is CCC(F)(F)c1cc(C[C@@H](C)C(C)=O)cc(Cl)c1N. The lowest BCUT2D eigenvalue weighted by Gasteiger charge is -2.19. The molecule has 0 aliphatic carbocycles. The van der Waals surface area contributed by atoms with Crippen molar-refractivity contribution in [3.8, 4) is 0 Å². The van der Waals surface area contributed by atoms with Crippen molar-refractivity contribution in [3.63, 3.8) is 0 Å². The molecule has 2 nitrogen and oxygen atoms in total. The molecular weight excluding hydrogens is 272 g/mol. The van der Waals surface area contributed by atoms with Crippen LogP contribution in [0.1, 0.15) is 38.3 Å². The normalized spacial score (nSPS) is 13.4. The molecule has 0 unspecified atom stereocenters. The summed E-state index contributed by atoms with van der Waals surface area (Å²) in [5.41, 5.74) is 5.88. The average molecular weight is 290 g/mol. The highest BCUT2D eigenvalue weighted by Crippen LogP contribution is 2.39. The molecule has 0 aromatic heterocycles. The summed E-state index contributed by atoms with van der Waals surface area (Å²) >= 11 is 5.90. The molecule has 0 aliphatic rings. The third-order valence-corrected chi connectivity index (χ3v) is 3.58. The second kappa shape index (κ2) is 5.87. The van der Waals surface area contributed by atoms with Gasteiger partial charge >= 0.3 is 0 Å². The topological polar surface area (TPSA) is 43.1 Å². The third kappa shape index (κ3) is 3.66. The predicted molar refractivity (Wildman–Crippen MR) is 73.6 cm³/mol. The van der Waals surface area contributed by atoms with E-state index in [0.717, 1.165) is 0 Å². The smallest absolute Gasteiger partial charge is 0.275 e. The number of hydrogen-bond acceptors (Lipinski definition) is 2. The van der Waals surface area contributed by atoms with Crippen LogP contribution in [0.5, 0.6) is 0 Å². The second-order valence-corrected chi connectivity index (χ2v) is 5.22. The molecule has 19 heavy (non-hydrogen) atoms. The number of benzene rings is 1. The van der Waals surface area contributed by atoms with E-state index in [0.29, 0.717) is 12.0 Å². The van der Waals surface area contributed by atoms with Gasteiger partial charge in [-0.2, -0.15) is 0 Å². The molecular formula is C14H18ClF2NO. The molecule has 106 valence electrons. The minimum absolute atomic E-state index is 0.0109. The zero-order valence-corrected chi connectivity index (χ0v) is 12.0. The van der Waals surface area contributed by atoms with Crippen molar-refractivity contribution in [1.29, 1.82) is 0 Å². The first-order valence-corrected chi connectivity index (χ1v) is 6.53. The summed E-state index contributed by atoms with van der Waals surface area (Å²) in [6.07, 6.45) is 0.0291. The Morgan fingerprint density at radius 2 is 2.05 bits per heavy atom. The van der Waals surface area contributed by atoms with E-state index in [4.69, 9.17) is 17.3 Å². The van der Waals surface area contributed by atoms with Crippen LogP contribution in [0.4, 0.5) is 14.5 Å². The van der Waals surface area contributed by atoms with Crippen molar-refractivity contribution in [3.05, 3.63) is 28.3 Å². The van der Waals surface area contributed by atoms with Crippen molar-refractivity contribution >= 4 is 23.1 Å². The Hall–Kier alpha value is -1.16. The van der Waals surface area contributed by atoms with Crippen LogP contribution in [-0.4, -0.2) is 5.78 Å². The Balaban J connectivity index is 3.20. The summed E-state index contributed by atoms with van der Waals surface area (Å²) in [5.74, 6) is -3.23. The quantitative estimate of drug-likeness (QED) is 0.826. The van der Waals surface area contributed by atoms with Crippen molar-refractivity contribution in [2.75, 3.05) is 5.73 Å². The van der Waals surface area contributed by atoms with Gasteiger partial charge in [-0.15, -0.1) is 0 Å². The van der Waals surface area contributed by atoms with Crippen molar-refractivity contribution in [2.24, 2.45) is 5.92 Å². The highest BCUT2D eigenvalue weighted by molar-refractivity contribution is 6.33. The molecule has 5 heteroatoms. The zero-order chi connectivity index (χ0) is 14.8. The molecule has 0 saturated carbocycles. The molecule has 0 saturated heterocycles. The van der Waals surface area contributed by atoms with Gasteiger partial charge in [-0.25, -0.2) is 8.78 Å².